The lowest BCUT2D eigenvalue weighted by molar-refractivity contribution is 0.369. The van der Waals surface area contributed by atoms with Gasteiger partial charge in [0.2, 0.25) is 5.79 Å². The average molecular weight is 287 g/mol. The SMILES string of the molecule is CCC1=CC(N(CC)CC)=NC(N)(c2cccc(N)c2)N1. The maximum atomic E-state index is 6.53. The highest BCUT2D eigenvalue weighted by molar-refractivity contribution is 5.94. The zero-order chi connectivity index (χ0) is 15.5. The van der Waals surface area contributed by atoms with Gasteiger partial charge in [0, 0.05) is 30.0 Å². The number of amidine groups is 1. The molecule has 0 amide bonds. The van der Waals surface area contributed by atoms with Gasteiger partial charge >= 0.3 is 0 Å². The molecule has 1 aromatic rings. The van der Waals surface area contributed by atoms with Gasteiger partial charge in [-0.15, -0.1) is 0 Å². The van der Waals surface area contributed by atoms with Crippen LogP contribution in [0.2, 0.25) is 0 Å². The highest BCUT2D eigenvalue weighted by Crippen LogP contribution is 2.25. The molecule has 0 aliphatic carbocycles. The molecule has 5 N–H and O–H groups in total. The van der Waals surface area contributed by atoms with Gasteiger partial charge in [0.25, 0.3) is 0 Å². The first-order valence-electron chi connectivity index (χ1n) is 7.50. The quantitative estimate of drug-likeness (QED) is 0.740. The Labute approximate surface area is 126 Å². The third-order valence-electron chi connectivity index (χ3n) is 3.74. The third kappa shape index (κ3) is 3.19. The highest BCUT2D eigenvalue weighted by atomic mass is 15.3. The second-order valence-corrected chi connectivity index (χ2v) is 5.18. The van der Waals surface area contributed by atoms with Crippen molar-refractivity contribution in [2.75, 3.05) is 18.8 Å². The number of nitrogens with two attached hydrogens (primary N) is 2. The van der Waals surface area contributed by atoms with Crippen molar-refractivity contribution in [2.24, 2.45) is 10.7 Å². The molecule has 1 aromatic carbocycles. The van der Waals surface area contributed by atoms with Crippen LogP contribution in [0.4, 0.5) is 5.69 Å². The third-order valence-corrected chi connectivity index (χ3v) is 3.74. The summed E-state index contributed by atoms with van der Waals surface area (Å²) in [4.78, 5) is 6.94. The number of anilines is 1. The fourth-order valence-corrected chi connectivity index (χ4v) is 2.49. The normalized spacial score (nSPS) is 21.3. The topological polar surface area (TPSA) is 79.7 Å². The summed E-state index contributed by atoms with van der Waals surface area (Å²) in [6, 6.07) is 7.57. The van der Waals surface area contributed by atoms with Gasteiger partial charge in [0.1, 0.15) is 5.84 Å². The highest BCUT2D eigenvalue weighted by Gasteiger charge is 2.31. The second-order valence-electron chi connectivity index (χ2n) is 5.18. The van der Waals surface area contributed by atoms with Crippen LogP contribution in [0.3, 0.4) is 0 Å². The fourth-order valence-electron chi connectivity index (χ4n) is 2.49. The van der Waals surface area contributed by atoms with Crippen LogP contribution in [0.1, 0.15) is 32.8 Å². The van der Waals surface area contributed by atoms with Crippen molar-refractivity contribution in [1.29, 1.82) is 0 Å². The largest absolute Gasteiger partial charge is 0.399 e. The van der Waals surface area contributed by atoms with Crippen LogP contribution in [0.25, 0.3) is 0 Å². The van der Waals surface area contributed by atoms with E-state index in [2.05, 4.69) is 37.1 Å². The molecule has 0 aromatic heterocycles. The van der Waals surface area contributed by atoms with E-state index in [-0.39, 0.29) is 0 Å². The van der Waals surface area contributed by atoms with E-state index in [1.807, 2.05) is 24.3 Å². The zero-order valence-electron chi connectivity index (χ0n) is 13.1. The van der Waals surface area contributed by atoms with Crippen LogP contribution in [0.15, 0.2) is 41.0 Å². The van der Waals surface area contributed by atoms with Crippen molar-refractivity contribution in [3.8, 4) is 0 Å². The minimum Gasteiger partial charge on any atom is -0.399 e. The van der Waals surface area contributed by atoms with E-state index in [9.17, 15) is 0 Å². The predicted octanol–water partition coefficient (Wildman–Crippen LogP) is 1.98. The lowest BCUT2D eigenvalue weighted by Gasteiger charge is -2.36. The van der Waals surface area contributed by atoms with Crippen molar-refractivity contribution in [3.05, 3.63) is 41.6 Å². The van der Waals surface area contributed by atoms with Crippen LogP contribution >= 0.6 is 0 Å². The molecule has 0 bridgehead atoms. The molecule has 0 spiro atoms. The molecule has 2 rings (SSSR count). The van der Waals surface area contributed by atoms with Crippen LogP contribution in [-0.4, -0.2) is 23.8 Å². The van der Waals surface area contributed by atoms with Crippen molar-refractivity contribution >= 4 is 11.5 Å². The summed E-state index contributed by atoms with van der Waals surface area (Å²) in [6.07, 6.45) is 2.95. The molecule has 1 heterocycles. The number of nitrogen functional groups attached to an aromatic ring is 1. The van der Waals surface area contributed by atoms with Crippen molar-refractivity contribution < 1.29 is 0 Å². The standard InChI is InChI=1S/C16H25N5/c1-4-14-11-15(21(5-2)6-3)20-16(18,19-14)12-8-7-9-13(17)10-12/h7-11,19H,4-6,17-18H2,1-3H3. The van der Waals surface area contributed by atoms with Crippen LogP contribution in [0.5, 0.6) is 0 Å². The summed E-state index contributed by atoms with van der Waals surface area (Å²) in [5.74, 6) is -0.0477. The number of hydrogen-bond acceptors (Lipinski definition) is 5. The lowest BCUT2D eigenvalue weighted by atomic mass is 10.1. The van der Waals surface area contributed by atoms with E-state index in [0.717, 1.165) is 36.6 Å². The molecule has 21 heavy (non-hydrogen) atoms. The van der Waals surface area contributed by atoms with Gasteiger partial charge in [-0.05, 0) is 38.5 Å². The van der Waals surface area contributed by atoms with E-state index in [1.165, 1.54) is 0 Å². The number of aliphatic imine (C=N–C) groups is 1. The maximum absolute atomic E-state index is 6.53. The monoisotopic (exact) mass is 287 g/mol. The summed E-state index contributed by atoms with van der Waals surface area (Å²) in [5, 5.41) is 3.33. The maximum Gasteiger partial charge on any atom is 0.211 e. The van der Waals surface area contributed by atoms with E-state index < -0.39 is 5.79 Å². The molecule has 5 heteroatoms. The number of likely N-dealkylation sites (N-methyl/N-ethyl adjacent to an activating group) is 1. The van der Waals surface area contributed by atoms with Gasteiger partial charge in [0.05, 0.1) is 0 Å². The fraction of sp³-hybridized carbons (Fsp3) is 0.438. The summed E-state index contributed by atoms with van der Waals surface area (Å²) in [6.45, 7) is 8.13. The van der Waals surface area contributed by atoms with Gasteiger partial charge in [-0.2, -0.15) is 0 Å². The number of benzene rings is 1. The van der Waals surface area contributed by atoms with Gasteiger partial charge in [0.15, 0.2) is 0 Å². The molecule has 1 aliphatic rings. The Morgan fingerprint density at radius 2 is 1.95 bits per heavy atom. The first-order chi connectivity index (χ1) is 10.0. The van der Waals surface area contributed by atoms with Gasteiger partial charge in [-0.25, -0.2) is 4.99 Å². The predicted molar refractivity (Wildman–Crippen MR) is 88.6 cm³/mol. The molecule has 0 radical (unpaired) electrons. The molecule has 0 saturated carbocycles. The van der Waals surface area contributed by atoms with Crippen LogP contribution < -0.4 is 16.8 Å². The summed E-state index contributed by atoms with van der Waals surface area (Å²) < 4.78 is 0. The first kappa shape index (κ1) is 15.4. The molecular weight excluding hydrogens is 262 g/mol. The lowest BCUT2D eigenvalue weighted by Crippen LogP contribution is -2.52. The van der Waals surface area contributed by atoms with Crippen molar-refractivity contribution in [2.45, 2.75) is 33.0 Å². The average Bonchev–Trinajstić information content (AvgIpc) is 2.48. The van der Waals surface area contributed by atoms with E-state index in [0.29, 0.717) is 5.69 Å². The van der Waals surface area contributed by atoms with Gasteiger partial charge in [-0.1, -0.05) is 19.1 Å². The van der Waals surface area contributed by atoms with Crippen molar-refractivity contribution in [3.63, 3.8) is 0 Å². The second kappa shape index (κ2) is 6.18. The number of allylic oxidation sites excluding steroid dienone is 1. The number of nitrogens with zero attached hydrogens (tertiary/aromatic N) is 2. The molecule has 1 unspecified atom stereocenters. The van der Waals surface area contributed by atoms with Gasteiger partial charge < -0.3 is 16.0 Å². The number of nitrogens with one attached hydrogen (secondary N) is 1. The van der Waals surface area contributed by atoms with E-state index in [4.69, 9.17) is 16.5 Å². The first-order valence-corrected chi connectivity index (χ1v) is 7.50. The van der Waals surface area contributed by atoms with Crippen LogP contribution in [-0.2, 0) is 5.79 Å². The Morgan fingerprint density at radius 3 is 2.52 bits per heavy atom. The molecule has 0 fully saturated rings. The Hall–Kier alpha value is -2.01. The number of hydrogen-bond donors (Lipinski definition) is 3. The Morgan fingerprint density at radius 1 is 1.24 bits per heavy atom. The summed E-state index contributed by atoms with van der Waals surface area (Å²) in [5.41, 5.74) is 15.0. The van der Waals surface area contributed by atoms with Crippen LogP contribution in [0, 0.1) is 0 Å². The summed E-state index contributed by atoms with van der Waals surface area (Å²) in [7, 11) is 0. The molecule has 1 aliphatic heterocycles. The summed E-state index contributed by atoms with van der Waals surface area (Å²) >= 11 is 0. The Bertz CT molecular complexity index is 560. The van der Waals surface area contributed by atoms with E-state index in [1.54, 1.807) is 0 Å². The molecular formula is C16H25N5. The van der Waals surface area contributed by atoms with Crippen molar-refractivity contribution in [1.82, 2.24) is 10.2 Å². The smallest absolute Gasteiger partial charge is 0.211 e. The number of rotatable bonds is 4. The molecule has 1 atom stereocenters. The minimum atomic E-state index is -0.965. The Balaban J connectivity index is 2.46. The van der Waals surface area contributed by atoms with Gasteiger partial charge in [-0.3, -0.25) is 5.73 Å². The minimum absolute atomic E-state index is 0.686. The molecule has 114 valence electrons. The zero-order valence-corrected chi connectivity index (χ0v) is 13.1. The van der Waals surface area contributed by atoms with E-state index >= 15 is 0 Å². The molecule has 5 nitrogen and oxygen atoms in total. The Kier molecular flexibility index (Phi) is 4.53. The molecule has 0 saturated heterocycles.